The fraction of sp³-hybridized carbons (Fsp3) is 0.636. The van der Waals surface area contributed by atoms with E-state index >= 15 is 0 Å². The molecule has 2 atom stereocenters. The Labute approximate surface area is 180 Å². The molecule has 28 heavy (non-hydrogen) atoms. The highest BCUT2D eigenvalue weighted by atomic mass is 79.9. The van der Waals surface area contributed by atoms with Crippen molar-refractivity contribution in [1.82, 2.24) is 4.72 Å². The Hall–Kier alpha value is -0.530. The normalized spacial score (nSPS) is 30.9. The van der Waals surface area contributed by atoms with Crippen LogP contribution in [-0.2, 0) is 28.1 Å². The average Bonchev–Trinajstić information content (AvgIpc) is 2.87. The van der Waals surface area contributed by atoms with Gasteiger partial charge in [0.15, 0.2) is 5.54 Å². The Kier molecular flexibility index (Phi) is 6.29. The van der Waals surface area contributed by atoms with Gasteiger partial charge >= 0.3 is 0 Å². The summed E-state index contributed by atoms with van der Waals surface area (Å²) in [6.07, 6.45) is 3.73. The highest BCUT2D eigenvalue weighted by Gasteiger charge is 2.63. The Bertz CT molecular complexity index is 740. The molecule has 0 aliphatic heterocycles. The topological polar surface area (TPSA) is 64.5 Å². The van der Waals surface area contributed by atoms with Crippen molar-refractivity contribution in [2.24, 2.45) is 5.41 Å². The largest absolute Gasteiger partial charge is 0.598 e. The van der Waals surface area contributed by atoms with Crippen LogP contribution in [0.4, 0.5) is 0 Å². The molecule has 156 valence electrons. The van der Waals surface area contributed by atoms with E-state index in [1.54, 1.807) is 0 Å². The predicted molar refractivity (Wildman–Crippen MR) is 118 cm³/mol. The van der Waals surface area contributed by atoms with Crippen LogP contribution in [0.5, 0.6) is 0 Å². The van der Waals surface area contributed by atoms with Gasteiger partial charge in [0.05, 0.1) is 12.7 Å². The lowest BCUT2D eigenvalue weighted by atomic mass is 9.61. The van der Waals surface area contributed by atoms with E-state index in [4.69, 9.17) is 4.74 Å². The monoisotopic (exact) mass is 469 g/mol. The number of rotatable bonds is 5. The molecule has 2 aliphatic carbocycles. The van der Waals surface area contributed by atoms with Crippen LogP contribution in [0.3, 0.4) is 0 Å². The molecule has 0 unspecified atom stereocenters. The van der Waals surface area contributed by atoms with Gasteiger partial charge < -0.3 is 14.4 Å². The number of aliphatic hydroxyl groups is 1. The highest BCUT2D eigenvalue weighted by Crippen LogP contribution is 2.61. The maximum atomic E-state index is 13.4. The number of benzene rings is 1. The lowest BCUT2D eigenvalue weighted by Gasteiger charge is -2.50. The number of nitrogens with one attached hydrogen (secondary N) is 1. The van der Waals surface area contributed by atoms with E-state index in [0.717, 1.165) is 42.1 Å². The van der Waals surface area contributed by atoms with Gasteiger partial charge in [-0.2, -0.15) is 0 Å². The van der Waals surface area contributed by atoms with Crippen molar-refractivity contribution in [2.75, 3.05) is 6.61 Å². The molecule has 1 aromatic carbocycles. The fourth-order valence-corrected chi connectivity index (χ4v) is 6.17. The summed E-state index contributed by atoms with van der Waals surface area (Å²) in [6.45, 7) is 12.7. The second-order valence-electron chi connectivity index (χ2n) is 9.08. The maximum absolute atomic E-state index is 13.4. The molecule has 0 amide bonds. The first-order valence-electron chi connectivity index (χ1n) is 10.0. The molecule has 0 heterocycles. The van der Waals surface area contributed by atoms with E-state index in [2.05, 4.69) is 45.4 Å². The zero-order chi connectivity index (χ0) is 20.7. The van der Waals surface area contributed by atoms with E-state index in [0.29, 0.717) is 12.4 Å². The number of hydrogen-bond acceptors (Lipinski definition) is 4. The summed E-state index contributed by atoms with van der Waals surface area (Å²) < 4.78 is 23.5. The van der Waals surface area contributed by atoms with Crippen molar-refractivity contribution in [1.29, 1.82) is 0 Å². The van der Waals surface area contributed by atoms with Crippen molar-refractivity contribution in [3.8, 4) is 0 Å². The Morgan fingerprint density at radius 1 is 1.39 bits per heavy atom. The van der Waals surface area contributed by atoms with Gasteiger partial charge in [0, 0.05) is 21.2 Å². The minimum atomic E-state index is -1.31. The van der Waals surface area contributed by atoms with Crippen LogP contribution in [0.1, 0.15) is 64.5 Å². The molecule has 0 saturated heterocycles. The molecule has 0 aromatic heterocycles. The molecule has 6 heteroatoms. The minimum absolute atomic E-state index is 0.220. The third-order valence-corrected chi connectivity index (χ3v) is 8.35. The van der Waals surface area contributed by atoms with Crippen LogP contribution in [0, 0.1) is 5.41 Å². The number of hydrogen-bond donors (Lipinski definition) is 2. The first-order valence-corrected chi connectivity index (χ1v) is 12.0. The Morgan fingerprint density at radius 2 is 2.04 bits per heavy atom. The van der Waals surface area contributed by atoms with E-state index in [1.807, 2.05) is 27.7 Å². The number of ether oxygens (including phenoxy) is 1. The van der Waals surface area contributed by atoms with Gasteiger partial charge in [-0.05, 0) is 83.1 Å². The van der Waals surface area contributed by atoms with Gasteiger partial charge in [-0.15, -0.1) is 4.72 Å². The van der Waals surface area contributed by atoms with Crippen molar-refractivity contribution in [3.05, 3.63) is 46.1 Å². The third kappa shape index (κ3) is 3.67. The third-order valence-electron chi connectivity index (χ3n) is 6.25. The molecule has 1 spiro atoms. The summed E-state index contributed by atoms with van der Waals surface area (Å²) >= 11 is 2.31. The zero-order valence-corrected chi connectivity index (χ0v) is 19.7. The van der Waals surface area contributed by atoms with Gasteiger partial charge in [0.25, 0.3) is 0 Å². The molecule has 4 nitrogen and oxygen atoms in total. The van der Waals surface area contributed by atoms with Gasteiger partial charge in [0.2, 0.25) is 0 Å². The number of fused-ring (bicyclic) bond motifs is 1. The van der Waals surface area contributed by atoms with Crippen LogP contribution in [-0.4, -0.2) is 27.1 Å². The van der Waals surface area contributed by atoms with E-state index in [-0.39, 0.29) is 11.5 Å². The van der Waals surface area contributed by atoms with E-state index in [9.17, 15) is 9.66 Å². The first-order chi connectivity index (χ1) is 13.1. The van der Waals surface area contributed by atoms with Crippen LogP contribution in [0.15, 0.2) is 35.0 Å². The zero-order valence-electron chi connectivity index (χ0n) is 17.3. The van der Waals surface area contributed by atoms with Crippen LogP contribution in [0.2, 0.25) is 0 Å². The van der Waals surface area contributed by atoms with Gasteiger partial charge in [-0.3, -0.25) is 0 Å². The van der Waals surface area contributed by atoms with E-state index in [1.165, 1.54) is 5.56 Å². The Morgan fingerprint density at radius 3 is 2.61 bits per heavy atom. The average molecular weight is 470 g/mol. The molecule has 0 bridgehead atoms. The summed E-state index contributed by atoms with van der Waals surface area (Å²) in [4.78, 5) is 0. The van der Waals surface area contributed by atoms with Crippen LogP contribution in [0.25, 0.3) is 0 Å². The molecule has 2 N–H and O–H groups in total. The lowest BCUT2D eigenvalue weighted by molar-refractivity contribution is 0.000831. The molecule has 2 aliphatic rings. The predicted octanol–water partition coefficient (Wildman–Crippen LogP) is 4.72. The summed E-state index contributed by atoms with van der Waals surface area (Å²) in [5, 5.41) is 10.2. The molecular weight excluding hydrogens is 438 g/mol. The van der Waals surface area contributed by atoms with Gasteiger partial charge in [0.1, 0.15) is 10.5 Å². The summed E-state index contributed by atoms with van der Waals surface area (Å²) in [7, 11) is 0. The second kappa shape index (κ2) is 7.95. The van der Waals surface area contributed by atoms with Gasteiger partial charge in [-0.25, -0.2) is 0 Å². The standard InChI is InChI=1S/C22H32BrNO3S/c1-6-27-15(2)22(24-28(26)20(3,4)5)19-13-17(23)8-7-16(19)14-21(22)11-9-18(25)10-12-21/h7-8,13,18,24-25H,2,6,9-12,14H2,1,3-5H3/t18?,21?,22-,28-/m0/s1. The summed E-state index contributed by atoms with van der Waals surface area (Å²) in [5.41, 5.74) is 1.36. The van der Waals surface area contributed by atoms with Crippen molar-refractivity contribution >= 4 is 27.3 Å². The quantitative estimate of drug-likeness (QED) is 0.483. The highest BCUT2D eigenvalue weighted by molar-refractivity contribution is 9.10. The van der Waals surface area contributed by atoms with Crippen LogP contribution >= 0.6 is 15.9 Å². The SMILES string of the molecule is C=C(OCC)[C@]1(N[S@@+]([O-])C(C)(C)C)c2cc(Br)ccc2CC12CCC(O)CC2. The van der Waals surface area contributed by atoms with Crippen LogP contribution < -0.4 is 4.72 Å². The van der Waals surface area contributed by atoms with Crippen molar-refractivity contribution in [2.45, 2.75) is 76.2 Å². The Balaban J connectivity index is 2.20. The molecule has 1 fully saturated rings. The number of aliphatic hydroxyl groups excluding tert-OH is 1. The van der Waals surface area contributed by atoms with Crippen molar-refractivity contribution < 1.29 is 14.4 Å². The smallest absolute Gasteiger partial charge is 0.151 e. The maximum Gasteiger partial charge on any atom is 0.151 e. The molecular formula is C22H32BrNO3S. The fourth-order valence-electron chi connectivity index (χ4n) is 4.78. The summed E-state index contributed by atoms with van der Waals surface area (Å²) in [5.74, 6) is 0.626. The van der Waals surface area contributed by atoms with Crippen molar-refractivity contribution in [3.63, 3.8) is 0 Å². The molecule has 1 aromatic rings. The van der Waals surface area contributed by atoms with E-state index < -0.39 is 21.6 Å². The summed E-state index contributed by atoms with van der Waals surface area (Å²) in [6, 6.07) is 6.32. The molecule has 0 radical (unpaired) electrons. The van der Waals surface area contributed by atoms with Gasteiger partial charge in [-0.1, -0.05) is 28.6 Å². The molecule has 3 rings (SSSR count). The second-order valence-corrected chi connectivity index (χ2v) is 12.0. The first kappa shape index (κ1) is 22.2. The lowest BCUT2D eigenvalue weighted by Crippen LogP contribution is -2.60. The number of halogens is 1. The minimum Gasteiger partial charge on any atom is -0.598 e. The molecule has 1 saturated carbocycles.